The number of amides is 1. The molecule has 0 radical (unpaired) electrons. The fraction of sp³-hybridized carbons (Fsp3) is 0.671. The summed E-state index contributed by atoms with van der Waals surface area (Å²) in [6.45, 7) is 4.47. The SMILES string of the molecule is CC/C=C\C/C=C\C/C=C\C/C=C\C/C=C\C/C=C\C/C=C\C/C=C\CCCCC(=O)NC(COP(=O)([O-])OCC[N+](C)(C)C)C(O)/C=C/CC/C=C/CC/C=C/CCCCCCCCCCCCCCCCCCCCCC. The number of phosphoric acid groups is 1. The normalized spacial score (nSPS) is 14.7. The summed E-state index contributed by atoms with van der Waals surface area (Å²) >= 11 is 0. The van der Waals surface area contributed by atoms with Crippen molar-refractivity contribution in [3.8, 4) is 0 Å². The summed E-state index contributed by atoms with van der Waals surface area (Å²) < 4.78 is 23.3. The highest BCUT2D eigenvalue weighted by molar-refractivity contribution is 7.45. The molecule has 0 aliphatic heterocycles. The molecule has 0 aliphatic carbocycles. The second kappa shape index (κ2) is 59.3. The van der Waals surface area contributed by atoms with Gasteiger partial charge in [-0.1, -0.05) is 270 Å². The van der Waals surface area contributed by atoms with Gasteiger partial charge in [0.2, 0.25) is 5.91 Å². The minimum Gasteiger partial charge on any atom is -0.756 e. The number of carbonyl (C=O) groups excluding carboxylic acids is 1. The monoisotopic (exact) mass is 1120 g/mol. The largest absolute Gasteiger partial charge is 0.756 e. The molecule has 0 bridgehead atoms. The highest BCUT2D eigenvalue weighted by Gasteiger charge is 2.23. The Morgan fingerprint density at radius 3 is 1.18 bits per heavy atom. The fourth-order valence-electron chi connectivity index (χ4n) is 8.61. The van der Waals surface area contributed by atoms with Gasteiger partial charge in [-0.05, 0) is 109 Å². The third kappa shape index (κ3) is 62.1. The average molecular weight is 1120 g/mol. The number of nitrogens with zero attached hydrogens (tertiary/aromatic N) is 1. The highest BCUT2D eigenvalue weighted by Crippen LogP contribution is 2.38. The predicted molar refractivity (Wildman–Crippen MR) is 343 cm³/mol. The topological polar surface area (TPSA) is 108 Å². The Labute approximate surface area is 487 Å². The molecule has 3 atom stereocenters. The minimum absolute atomic E-state index is 0.0255. The van der Waals surface area contributed by atoms with E-state index in [0.29, 0.717) is 23.9 Å². The summed E-state index contributed by atoms with van der Waals surface area (Å²) in [6, 6.07) is -0.946. The molecule has 0 aromatic heterocycles. The number of phosphoric ester groups is 1. The quantitative estimate of drug-likeness (QED) is 0.0272. The Hall–Kier alpha value is -3.36. The van der Waals surface area contributed by atoms with E-state index >= 15 is 0 Å². The lowest BCUT2D eigenvalue weighted by Gasteiger charge is -2.29. The smallest absolute Gasteiger partial charge is 0.268 e. The van der Waals surface area contributed by atoms with Crippen molar-refractivity contribution in [3.63, 3.8) is 0 Å². The van der Waals surface area contributed by atoms with Gasteiger partial charge in [0, 0.05) is 6.42 Å². The molecule has 0 spiro atoms. The standard InChI is InChI=1S/C70H121N2O6P/c1-6-8-10-12-14-16-18-20-22-24-26-28-30-32-34-35-36-38-39-41-43-45-47-49-51-53-55-57-59-61-63-69(73)68(67-78-79(75,76)77-66-65-72(3,4)5)71-70(74)64-62-60-58-56-54-52-50-48-46-44-42-40-37-33-31-29-27-25-23-21-19-17-15-13-11-9-7-2/h9,11,15,17,21,23,27,29,33,37,42,44-45,47-48,50,53-56,61,63,68-69,73H,6-8,10,12-14,16,18-20,22,24-26,28,30-32,34-36,38-41,43,46,49,51-52,57-60,62,64-67H2,1-5H3,(H-,71,74,75,76)/b11-9-,17-15-,23-21-,29-27-,37-33-,44-42-,47-45+,50-48-,55-53+,56-54-,63-61+. The predicted octanol–water partition coefficient (Wildman–Crippen LogP) is 19.6. The molecular formula is C70H121N2O6P. The second-order valence-electron chi connectivity index (χ2n) is 22.4. The third-order valence-corrected chi connectivity index (χ3v) is 14.5. The number of allylic oxidation sites excluding steroid dienone is 21. The summed E-state index contributed by atoms with van der Waals surface area (Å²) in [5.74, 6) is -0.258. The molecule has 8 nitrogen and oxygen atoms in total. The van der Waals surface area contributed by atoms with Crippen LogP contribution in [0.5, 0.6) is 0 Å². The van der Waals surface area contributed by atoms with Gasteiger partial charge in [-0.15, -0.1) is 0 Å². The van der Waals surface area contributed by atoms with Crippen LogP contribution in [0.2, 0.25) is 0 Å². The first kappa shape index (κ1) is 75.6. The van der Waals surface area contributed by atoms with Gasteiger partial charge in [-0.3, -0.25) is 9.36 Å². The van der Waals surface area contributed by atoms with E-state index in [-0.39, 0.29) is 18.9 Å². The van der Waals surface area contributed by atoms with E-state index in [1.165, 1.54) is 135 Å². The molecule has 0 aliphatic rings. The van der Waals surface area contributed by atoms with Crippen LogP contribution in [-0.4, -0.2) is 68.5 Å². The first-order valence-corrected chi connectivity index (χ1v) is 33.5. The summed E-state index contributed by atoms with van der Waals surface area (Å²) in [6.07, 6.45) is 89.9. The van der Waals surface area contributed by atoms with Crippen molar-refractivity contribution in [1.29, 1.82) is 0 Å². The highest BCUT2D eigenvalue weighted by atomic mass is 31.2. The lowest BCUT2D eigenvalue weighted by Crippen LogP contribution is -2.45. The Balaban J connectivity index is 4.33. The van der Waals surface area contributed by atoms with Gasteiger partial charge < -0.3 is 28.8 Å². The van der Waals surface area contributed by atoms with Crippen molar-refractivity contribution >= 4 is 13.7 Å². The summed E-state index contributed by atoms with van der Waals surface area (Å²) in [5.41, 5.74) is 0. The van der Waals surface area contributed by atoms with Crippen LogP contribution in [0.4, 0.5) is 0 Å². The van der Waals surface area contributed by atoms with E-state index in [9.17, 15) is 19.4 Å². The van der Waals surface area contributed by atoms with Gasteiger partial charge in [0.05, 0.1) is 39.9 Å². The molecule has 0 saturated heterocycles. The lowest BCUT2D eigenvalue weighted by molar-refractivity contribution is -0.870. The molecule has 0 aromatic rings. The van der Waals surface area contributed by atoms with Crippen molar-refractivity contribution in [1.82, 2.24) is 5.32 Å². The molecule has 1 amide bonds. The van der Waals surface area contributed by atoms with Crippen LogP contribution in [0.3, 0.4) is 0 Å². The third-order valence-electron chi connectivity index (χ3n) is 13.6. The fourth-order valence-corrected chi connectivity index (χ4v) is 9.34. The van der Waals surface area contributed by atoms with Crippen LogP contribution in [0.1, 0.15) is 251 Å². The van der Waals surface area contributed by atoms with E-state index in [2.05, 4.69) is 141 Å². The number of nitrogens with one attached hydrogen (secondary N) is 1. The average Bonchev–Trinajstić information content (AvgIpc) is 3.42. The number of hydrogen-bond acceptors (Lipinski definition) is 6. The summed E-state index contributed by atoms with van der Waals surface area (Å²) in [7, 11) is 1.19. The number of quaternary nitrogens is 1. The van der Waals surface area contributed by atoms with Gasteiger partial charge in [0.15, 0.2) is 0 Å². The first-order valence-electron chi connectivity index (χ1n) is 32.0. The number of aliphatic hydroxyl groups excluding tert-OH is 1. The minimum atomic E-state index is -4.64. The summed E-state index contributed by atoms with van der Waals surface area (Å²) in [4.78, 5) is 25.5. The number of likely N-dealkylation sites (N-methyl/N-ethyl adjacent to an activating group) is 1. The Morgan fingerprint density at radius 2 is 0.785 bits per heavy atom. The first-order chi connectivity index (χ1) is 38.5. The van der Waals surface area contributed by atoms with Gasteiger partial charge in [-0.2, -0.15) is 0 Å². The van der Waals surface area contributed by atoms with E-state index < -0.39 is 26.6 Å². The van der Waals surface area contributed by atoms with E-state index in [1.54, 1.807) is 6.08 Å². The molecule has 2 N–H and O–H groups in total. The number of hydrogen-bond donors (Lipinski definition) is 2. The van der Waals surface area contributed by atoms with Gasteiger partial charge in [-0.25, -0.2) is 0 Å². The summed E-state index contributed by atoms with van der Waals surface area (Å²) in [5, 5.41) is 13.9. The van der Waals surface area contributed by atoms with Crippen LogP contribution in [0, 0.1) is 0 Å². The zero-order chi connectivity index (χ0) is 57.7. The van der Waals surface area contributed by atoms with Crippen LogP contribution < -0.4 is 10.2 Å². The Bertz CT molecular complexity index is 1750. The molecule has 452 valence electrons. The second-order valence-corrected chi connectivity index (χ2v) is 23.8. The number of aliphatic hydroxyl groups is 1. The van der Waals surface area contributed by atoms with Crippen LogP contribution in [-0.2, 0) is 18.4 Å². The molecule has 0 heterocycles. The maximum atomic E-state index is 13.0. The lowest BCUT2D eigenvalue weighted by atomic mass is 10.0. The van der Waals surface area contributed by atoms with Crippen LogP contribution >= 0.6 is 7.82 Å². The van der Waals surface area contributed by atoms with Gasteiger partial charge in [0.1, 0.15) is 13.2 Å². The zero-order valence-corrected chi connectivity index (χ0v) is 52.4. The molecule has 9 heteroatoms. The molecular weight excluding hydrogens is 996 g/mol. The number of unbranched alkanes of at least 4 members (excludes halogenated alkanes) is 24. The van der Waals surface area contributed by atoms with Crippen LogP contribution in [0.25, 0.3) is 0 Å². The molecule has 3 unspecified atom stereocenters. The van der Waals surface area contributed by atoms with Gasteiger partial charge in [0.25, 0.3) is 7.82 Å². The van der Waals surface area contributed by atoms with Crippen molar-refractivity contribution in [2.24, 2.45) is 0 Å². The van der Waals surface area contributed by atoms with Crippen molar-refractivity contribution in [2.75, 3.05) is 40.9 Å². The maximum Gasteiger partial charge on any atom is 0.268 e. The molecule has 0 rings (SSSR count). The van der Waals surface area contributed by atoms with E-state index in [0.717, 1.165) is 83.5 Å². The maximum absolute atomic E-state index is 13.0. The van der Waals surface area contributed by atoms with Crippen molar-refractivity contribution in [3.05, 3.63) is 134 Å². The van der Waals surface area contributed by atoms with Crippen molar-refractivity contribution in [2.45, 2.75) is 264 Å². The number of rotatable bonds is 57. The van der Waals surface area contributed by atoms with Gasteiger partial charge >= 0.3 is 0 Å². The Morgan fingerprint density at radius 1 is 0.456 bits per heavy atom. The van der Waals surface area contributed by atoms with Crippen LogP contribution in [0.15, 0.2) is 134 Å². The molecule has 0 saturated carbocycles. The number of carbonyl (C=O) groups is 1. The Kier molecular flexibility index (Phi) is 56.7. The molecule has 0 fully saturated rings. The van der Waals surface area contributed by atoms with E-state index in [4.69, 9.17) is 9.05 Å². The zero-order valence-electron chi connectivity index (χ0n) is 51.5. The molecule has 0 aromatic carbocycles. The van der Waals surface area contributed by atoms with E-state index in [1.807, 2.05) is 27.2 Å². The molecule has 79 heavy (non-hydrogen) atoms. The van der Waals surface area contributed by atoms with Crippen molar-refractivity contribution < 1.29 is 32.9 Å².